The summed E-state index contributed by atoms with van der Waals surface area (Å²) >= 11 is 0. The highest BCUT2D eigenvalue weighted by Gasteiger charge is 1.98. The lowest BCUT2D eigenvalue weighted by molar-refractivity contribution is -0.125. The molecule has 0 aromatic heterocycles. The number of nitrogens with zero attached hydrogens (tertiary/aromatic N) is 1. The number of unbranched alkanes of at least 4 members (excludes halogenated alkanes) is 1. The van der Waals surface area contributed by atoms with Crippen molar-refractivity contribution in [2.75, 3.05) is 0 Å². The Morgan fingerprint density at radius 2 is 2.38 bits per heavy atom. The van der Waals surface area contributed by atoms with Gasteiger partial charge in [0, 0.05) is 6.42 Å². The normalized spacial score (nSPS) is 8.75. The van der Waals surface area contributed by atoms with E-state index in [1.807, 2.05) is 12.5 Å². The molecule has 0 rings (SSSR count). The molecule has 1 radical (unpaired) electrons. The number of carbonyl (C=O) groups is 1. The van der Waals surface area contributed by atoms with Crippen LogP contribution in [-0.4, -0.2) is 5.91 Å². The van der Waals surface area contributed by atoms with Gasteiger partial charge in [0.1, 0.15) is 0 Å². The van der Waals surface area contributed by atoms with Crippen molar-refractivity contribution < 1.29 is 9.28 Å². The maximum Gasteiger partial charge on any atom is 0.274 e. The Morgan fingerprint density at radius 3 is 2.75 bits per heavy atom. The fourth-order valence-electron chi connectivity index (χ4n) is 0.370. The zero-order valence-corrected chi connectivity index (χ0v) is 4.85. The zero-order valence-electron chi connectivity index (χ0n) is 4.85. The van der Waals surface area contributed by atoms with Crippen LogP contribution in [0.3, 0.4) is 0 Å². The maximum atomic E-state index is 11.0. The van der Waals surface area contributed by atoms with Crippen LogP contribution in [0.2, 0.25) is 0 Å². The molecule has 0 aliphatic rings. The van der Waals surface area contributed by atoms with Crippen LogP contribution in [0.15, 0.2) is 0 Å². The van der Waals surface area contributed by atoms with Gasteiger partial charge in [0.15, 0.2) is 0 Å². The van der Waals surface area contributed by atoms with Crippen molar-refractivity contribution >= 4 is 5.91 Å². The number of halogens is 1. The summed E-state index contributed by atoms with van der Waals surface area (Å²) in [5.41, 5.74) is 1.99. The molecule has 0 spiro atoms. The SMILES string of the molecule is CCCCC(=O)[N]F. The molecule has 0 N–H and O–H groups in total. The van der Waals surface area contributed by atoms with Gasteiger partial charge in [0.2, 0.25) is 0 Å². The van der Waals surface area contributed by atoms with Crippen LogP contribution in [-0.2, 0) is 4.79 Å². The Hall–Kier alpha value is -0.600. The van der Waals surface area contributed by atoms with Gasteiger partial charge in [-0.25, -0.2) is 0 Å². The van der Waals surface area contributed by atoms with Crippen molar-refractivity contribution in [2.45, 2.75) is 26.2 Å². The molecule has 0 heterocycles. The summed E-state index contributed by atoms with van der Waals surface area (Å²) in [6.07, 6.45) is 1.88. The Bertz CT molecular complexity index is 74.8. The highest BCUT2D eigenvalue weighted by Crippen LogP contribution is 1.92. The van der Waals surface area contributed by atoms with Gasteiger partial charge in [0.05, 0.1) is 0 Å². The molecule has 0 aliphatic carbocycles. The molecule has 0 atom stereocenters. The van der Waals surface area contributed by atoms with Gasteiger partial charge in [-0.15, -0.1) is 0 Å². The van der Waals surface area contributed by atoms with E-state index in [2.05, 4.69) is 0 Å². The fraction of sp³-hybridized carbons (Fsp3) is 0.800. The van der Waals surface area contributed by atoms with E-state index < -0.39 is 5.91 Å². The highest BCUT2D eigenvalue weighted by atomic mass is 19.2. The number of hydrogen-bond acceptors (Lipinski definition) is 1. The first-order valence-corrected chi connectivity index (χ1v) is 2.66. The lowest BCUT2D eigenvalue weighted by Crippen LogP contribution is -2.04. The number of amides is 1. The topological polar surface area (TPSA) is 31.2 Å². The lowest BCUT2D eigenvalue weighted by Gasteiger charge is -1.88. The first-order valence-electron chi connectivity index (χ1n) is 2.66. The third-order valence-corrected chi connectivity index (χ3v) is 0.838. The summed E-state index contributed by atoms with van der Waals surface area (Å²) in [5, 5.41) is 0. The van der Waals surface area contributed by atoms with E-state index in [0.717, 1.165) is 12.8 Å². The van der Waals surface area contributed by atoms with Crippen molar-refractivity contribution in [3.63, 3.8) is 0 Å². The predicted molar refractivity (Wildman–Crippen MR) is 27.8 cm³/mol. The summed E-state index contributed by atoms with van der Waals surface area (Å²) in [4.78, 5) is 10.0. The first-order chi connectivity index (χ1) is 3.81. The largest absolute Gasteiger partial charge is 0.274 e. The van der Waals surface area contributed by atoms with E-state index >= 15 is 0 Å². The molecule has 2 nitrogen and oxygen atoms in total. The van der Waals surface area contributed by atoms with Crippen LogP contribution >= 0.6 is 0 Å². The number of rotatable bonds is 3. The van der Waals surface area contributed by atoms with Crippen molar-refractivity contribution in [1.82, 2.24) is 5.54 Å². The van der Waals surface area contributed by atoms with E-state index in [1.54, 1.807) is 0 Å². The van der Waals surface area contributed by atoms with Gasteiger partial charge in [0.25, 0.3) is 5.91 Å². The van der Waals surface area contributed by atoms with E-state index in [0.29, 0.717) is 0 Å². The molecule has 0 unspecified atom stereocenters. The molecule has 0 saturated heterocycles. The van der Waals surface area contributed by atoms with E-state index in [9.17, 15) is 9.28 Å². The lowest BCUT2D eigenvalue weighted by atomic mass is 10.2. The molecule has 3 heteroatoms. The number of hydrogen-bond donors (Lipinski definition) is 0. The summed E-state index contributed by atoms with van der Waals surface area (Å²) in [6, 6.07) is 0. The van der Waals surface area contributed by atoms with Crippen LogP contribution in [0.5, 0.6) is 0 Å². The van der Waals surface area contributed by atoms with Crippen LogP contribution in [0, 0.1) is 0 Å². The molecular weight excluding hydrogens is 109 g/mol. The van der Waals surface area contributed by atoms with Crippen molar-refractivity contribution in [3.8, 4) is 0 Å². The summed E-state index contributed by atoms with van der Waals surface area (Å²) in [6.45, 7) is 1.94. The van der Waals surface area contributed by atoms with E-state index in [1.165, 1.54) is 0 Å². The first kappa shape index (κ1) is 7.40. The van der Waals surface area contributed by atoms with Gasteiger partial charge in [-0.1, -0.05) is 17.8 Å². The second-order valence-electron chi connectivity index (χ2n) is 1.58. The van der Waals surface area contributed by atoms with Gasteiger partial charge >= 0.3 is 0 Å². The Labute approximate surface area is 48.0 Å². The van der Waals surface area contributed by atoms with Gasteiger partial charge in [-0.3, -0.25) is 4.79 Å². The fourth-order valence-corrected chi connectivity index (χ4v) is 0.370. The van der Waals surface area contributed by atoms with E-state index in [4.69, 9.17) is 0 Å². The molecular formula is C5H9FNO. The molecule has 47 valence electrons. The summed E-state index contributed by atoms with van der Waals surface area (Å²) < 4.78 is 11.0. The molecule has 0 aromatic carbocycles. The third kappa shape index (κ3) is 3.59. The summed E-state index contributed by atoms with van der Waals surface area (Å²) in [7, 11) is 0. The van der Waals surface area contributed by atoms with Crippen LogP contribution in [0.1, 0.15) is 26.2 Å². The molecule has 1 amide bonds. The molecule has 0 fully saturated rings. The number of carbonyl (C=O) groups excluding carboxylic acids is 1. The minimum absolute atomic E-state index is 0.243. The molecule has 0 aromatic rings. The predicted octanol–water partition coefficient (Wildman–Crippen LogP) is 1.19. The van der Waals surface area contributed by atoms with Crippen LogP contribution in [0.4, 0.5) is 4.48 Å². The van der Waals surface area contributed by atoms with Crippen LogP contribution < -0.4 is 5.54 Å². The van der Waals surface area contributed by atoms with Crippen molar-refractivity contribution in [1.29, 1.82) is 0 Å². The molecule has 8 heavy (non-hydrogen) atoms. The Morgan fingerprint density at radius 1 is 1.75 bits per heavy atom. The maximum absolute atomic E-state index is 11.0. The average Bonchev–Trinajstić information content (AvgIpc) is 1.83. The highest BCUT2D eigenvalue weighted by molar-refractivity contribution is 5.74. The second-order valence-corrected chi connectivity index (χ2v) is 1.58. The standard InChI is InChI=1S/C5H9FNO/c1-2-3-4-5(8)7-6/h2-4H2,1H3. The van der Waals surface area contributed by atoms with Gasteiger partial charge in [-0.2, -0.15) is 0 Å². The van der Waals surface area contributed by atoms with Crippen molar-refractivity contribution in [3.05, 3.63) is 0 Å². The van der Waals surface area contributed by atoms with Crippen molar-refractivity contribution in [2.24, 2.45) is 0 Å². The Balaban J connectivity index is 2.99. The zero-order chi connectivity index (χ0) is 6.41. The second kappa shape index (κ2) is 4.56. The van der Waals surface area contributed by atoms with Crippen LogP contribution in [0.25, 0.3) is 0 Å². The van der Waals surface area contributed by atoms with E-state index in [-0.39, 0.29) is 6.42 Å². The smallest absolute Gasteiger partial charge is 0.270 e. The molecule has 0 bridgehead atoms. The monoisotopic (exact) mass is 118 g/mol. The quantitative estimate of drug-likeness (QED) is 0.547. The van der Waals surface area contributed by atoms with Gasteiger partial charge in [-0.05, 0) is 12.0 Å². The minimum Gasteiger partial charge on any atom is -0.270 e. The molecule has 0 saturated carbocycles. The summed E-state index contributed by atoms with van der Waals surface area (Å²) in [5.74, 6) is -0.646. The Kier molecular flexibility index (Phi) is 4.21. The van der Waals surface area contributed by atoms with Gasteiger partial charge < -0.3 is 0 Å². The third-order valence-electron chi connectivity index (χ3n) is 0.838. The minimum atomic E-state index is -0.646. The molecule has 0 aliphatic heterocycles. The average molecular weight is 118 g/mol.